The molecule has 152 valence electrons. The minimum absolute atomic E-state index is 0.160. The van der Waals surface area contributed by atoms with E-state index in [2.05, 4.69) is 49.9 Å². The van der Waals surface area contributed by atoms with Crippen LogP contribution in [0.3, 0.4) is 0 Å². The molecule has 0 aliphatic carbocycles. The number of nitrogens with one attached hydrogen (secondary N) is 1. The molecular formula is C21H36N4O2. The van der Waals surface area contributed by atoms with Crippen molar-refractivity contribution in [3.63, 3.8) is 0 Å². The lowest BCUT2D eigenvalue weighted by molar-refractivity contribution is 0.181. The Morgan fingerprint density at radius 3 is 2.93 bits per heavy atom. The normalized spacial score (nSPS) is 18.6. The fourth-order valence-corrected chi connectivity index (χ4v) is 3.37. The highest BCUT2D eigenvalue weighted by atomic mass is 16.5. The van der Waals surface area contributed by atoms with Gasteiger partial charge in [-0.3, -0.25) is 0 Å². The van der Waals surface area contributed by atoms with Crippen molar-refractivity contribution in [1.82, 2.24) is 15.2 Å². The van der Waals surface area contributed by atoms with Crippen molar-refractivity contribution in [2.75, 3.05) is 33.4 Å². The molecule has 2 atom stereocenters. The molecule has 1 fully saturated rings. The van der Waals surface area contributed by atoms with Gasteiger partial charge >= 0.3 is 0 Å². The van der Waals surface area contributed by atoms with Gasteiger partial charge in [0, 0.05) is 44.9 Å². The molecule has 0 spiro atoms. The first-order valence-electron chi connectivity index (χ1n) is 10.2. The Kier molecular flexibility index (Phi) is 8.85. The smallest absolute Gasteiger partial charge is 0.213 e. The zero-order valence-corrected chi connectivity index (χ0v) is 17.6. The van der Waals surface area contributed by atoms with Crippen LogP contribution < -0.4 is 10.1 Å². The maximum atomic E-state index is 5.96. The molecular weight excluding hydrogens is 340 g/mol. The lowest BCUT2D eigenvalue weighted by Gasteiger charge is -2.24. The highest BCUT2D eigenvalue weighted by Crippen LogP contribution is 2.16. The van der Waals surface area contributed by atoms with Crippen LogP contribution in [0, 0.1) is 11.8 Å². The zero-order valence-electron chi connectivity index (χ0n) is 17.6. The average Bonchev–Trinajstić information content (AvgIpc) is 3.11. The summed E-state index contributed by atoms with van der Waals surface area (Å²) in [5.74, 6) is 2.80. The predicted molar refractivity (Wildman–Crippen MR) is 110 cm³/mol. The quantitative estimate of drug-likeness (QED) is 0.529. The molecule has 0 radical (unpaired) electrons. The molecule has 0 amide bonds. The summed E-state index contributed by atoms with van der Waals surface area (Å²) >= 11 is 0. The van der Waals surface area contributed by atoms with Crippen LogP contribution in [0.1, 0.15) is 46.1 Å². The van der Waals surface area contributed by atoms with Crippen molar-refractivity contribution < 1.29 is 9.47 Å². The van der Waals surface area contributed by atoms with Crippen molar-refractivity contribution in [2.24, 2.45) is 16.8 Å². The van der Waals surface area contributed by atoms with Crippen LogP contribution >= 0.6 is 0 Å². The van der Waals surface area contributed by atoms with Crippen molar-refractivity contribution in [1.29, 1.82) is 0 Å². The minimum atomic E-state index is 0.160. The summed E-state index contributed by atoms with van der Waals surface area (Å²) < 4.78 is 11.4. The van der Waals surface area contributed by atoms with Gasteiger partial charge in [0.1, 0.15) is 0 Å². The lowest BCUT2D eigenvalue weighted by Crippen LogP contribution is -2.41. The van der Waals surface area contributed by atoms with E-state index < -0.39 is 0 Å². The van der Waals surface area contributed by atoms with Gasteiger partial charge in [0.05, 0.1) is 19.3 Å². The van der Waals surface area contributed by atoms with Gasteiger partial charge in [-0.25, -0.2) is 9.98 Å². The minimum Gasteiger partial charge on any atom is -0.475 e. The molecule has 2 heterocycles. The van der Waals surface area contributed by atoms with E-state index in [9.17, 15) is 0 Å². The number of aromatic nitrogens is 1. The molecule has 1 N–H and O–H groups in total. The number of pyridine rings is 1. The summed E-state index contributed by atoms with van der Waals surface area (Å²) in [5, 5.41) is 3.38. The molecule has 27 heavy (non-hydrogen) atoms. The van der Waals surface area contributed by atoms with E-state index in [0.717, 1.165) is 50.7 Å². The van der Waals surface area contributed by atoms with Gasteiger partial charge in [-0.15, -0.1) is 0 Å². The standard InChI is InChI=1S/C21H36N4O2/c1-6-22-21(25(5)14-19-8-10-26-15-19)24-13-18-7-9-23-20(12-18)27-17(4)11-16(2)3/h7,9,12,16-17,19H,6,8,10-11,13-15H2,1-5H3,(H,22,24). The van der Waals surface area contributed by atoms with Crippen LogP contribution in [0.15, 0.2) is 23.3 Å². The Labute approximate surface area is 164 Å². The van der Waals surface area contributed by atoms with Crippen LogP contribution in [0.25, 0.3) is 0 Å². The molecule has 0 saturated carbocycles. The van der Waals surface area contributed by atoms with E-state index in [1.54, 1.807) is 6.20 Å². The van der Waals surface area contributed by atoms with Gasteiger partial charge < -0.3 is 19.7 Å². The molecule has 6 nitrogen and oxygen atoms in total. The van der Waals surface area contributed by atoms with Crippen LogP contribution in [-0.4, -0.2) is 55.3 Å². The Bertz CT molecular complexity index is 585. The topological polar surface area (TPSA) is 59.0 Å². The van der Waals surface area contributed by atoms with E-state index in [1.165, 1.54) is 0 Å². The first-order chi connectivity index (χ1) is 13.0. The Morgan fingerprint density at radius 1 is 1.44 bits per heavy atom. The van der Waals surface area contributed by atoms with Crippen LogP contribution in [0.5, 0.6) is 5.88 Å². The van der Waals surface area contributed by atoms with Crippen molar-refractivity contribution in [2.45, 2.75) is 53.2 Å². The second kappa shape index (κ2) is 11.1. The Hall–Kier alpha value is -1.82. The number of guanidine groups is 1. The number of hydrogen-bond donors (Lipinski definition) is 1. The Morgan fingerprint density at radius 2 is 2.26 bits per heavy atom. The van der Waals surface area contributed by atoms with Crippen LogP contribution in [-0.2, 0) is 11.3 Å². The summed E-state index contributed by atoms with van der Waals surface area (Å²) in [5.41, 5.74) is 1.10. The molecule has 2 unspecified atom stereocenters. The first kappa shape index (κ1) is 21.5. The van der Waals surface area contributed by atoms with Gasteiger partial charge in [-0.05, 0) is 44.2 Å². The molecule has 1 aliphatic rings. The fraction of sp³-hybridized carbons (Fsp3) is 0.714. The zero-order chi connectivity index (χ0) is 19.6. The highest BCUT2D eigenvalue weighted by Gasteiger charge is 2.19. The molecule has 1 saturated heterocycles. The molecule has 0 bridgehead atoms. The second-order valence-corrected chi connectivity index (χ2v) is 7.84. The van der Waals surface area contributed by atoms with Crippen LogP contribution in [0.2, 0.25) is 0 Å². The summed E-state index contributed by atoms with van der Waals surface area (Å²) in [6, 6.07) is 3.99. The van der Waals surface area contributed by atoms with E-state index in [1.807, 2.05) is 12.1 Å². The SMILES string of the molecule is CCNC(=NCc1ccnc(OC(C)CC(C)C)c1)N(C)CC1CCOC1. The van der Waals surface area contributed by atoms with E-state index >= 15 is 0 Å². The molecule has 6 heteroatoms. The summed E-state index contributed by atoms with van der Waals surface area (Å²) in [7, 11) is 2.09. The van der Waals surface area contributed by atoms with Gasteiger partial charge in [0.2, 0.25) is 5.88 Å². The molecule has 2 rings (SSSR count). The Balaban J connectivity index is 1.96. The van der Waals surface area contributed by atoms with E-state index in [0.29, 0.717) is 24.3 Å². The third kappa shape index (κ3) is 7.75. The van der Waals surface area contributed by atoms with Gasteiger partial charge in [-0.1, -0.05) is 13.8 Å². The summed E-state index contributed by atoms with van der Waals surface area (Å²) in [6.45, 7) is 12.7. The van der Waals surface area contributed by atoms with E-state index in [-0.39, 0.29) is 6.10 Å². The number of nitrogens with zero attached hydrogens (tertiary/aromatic N) is 3. The molecule has 1 aliphatic heterocycles. The molecule has 0 aromatic carbocycles. The second-order valence-electron chi connectivity index (χ2n) is 7.84. The third-order valence-electron chi connectivity index (χ3n) is 4.59. The maximum Gasteiger partial charge on any atom is 0.213 e. The average molecular weight is 377 g/mol. The largest absolute Gasteiger partial charge is 0.475 e. The van der Waals surface area contributed by atoms with Gasteiger partial charge in [-0.2, -0.15) is 0 Å². The number of rotatable bonds is 9. The van der Waals surface area contributed by atoms with Crippen molar-refractivity contribution in [3.8, 4) is 5.88 Å². The fourth-order valence-electron chi connectivity index (χ4n) is 3.37. The summed E-state index contributed by atoms with van der Waals surface area (Å²) in [4.78, 5) is 11.3. The summed E-state index contributed by atoms with van der Waals surface area (Å²) in [6.07, 6.45) is 4.11. The highest BCUT2D eigenvalue weighted by molar-refractivity contribution is 5.79. The number of aliphatic imine (C=N–C) groups is 1. The van der Waals surface area contributed by atoms with E-state index in [4.69, 9.17) is 14.5 Å². The number of hydrogen-bond acceptors (Lipinski definition) is 4. The number of ether oxygens (including phenoxy) is 2. The lowest BCUT2D eigenvalue weighted by atomic mass is 10.1. The van der Waals surface area contributed by atoms with Crippen molar-refractivity contribution >= 4 is 5.96 Å². The first-order valence-corrected chi connectivity index (χ1v) is 10.2. The van der Waals surface area contributed by atoms with Gasteiger partial charge in [0.15, 0.2) is 5.96 Å². The third-order valence-corrected chi connectivity index (χ3v) is 4.59. The van der Waals surface area contributed by atoms with Crippen molar-refractivity contribution in [3.05, 3.63) is 23.9 Å². The molecule has 1 aromatic heterocycles. The van der Waals surface area contributed by atoms with Gasteiger partial charge in [0.25, 0.3) is 0 Å². The predicted octanol–water partition coefficient (Wildman–Crippen LogP) is 3.33. The molecule has 1 aromatic rings. The monoisotopic (exact) mass is 376 g/mol. The maximum absolute atomic E-state index is 5.96. The van der Waals surface area contributed by atoms with Crippen LogP contribution in [0.4, 0.5) is 0 Å².